The zero-order valence-corrected chi connectivity index (χ0v) is 22.4. The van der Waals surface area contributed by atoms with Crippen molar-refractivity contribution in [3.05, 3.63) is 77.4 Å². The number of methoxy groups -OCH3 is 3. The monoisotopic (exact) mass is 520 g/mol. The Morgan fingerprint density at radius 1 is 0.842 bits per heavy atom. The van der Waals surface area contributed by atoms with Gasteiger partial charge >= 0.3 is 5.97 Å². The van der Waals surface area contributed by atoms with Gasteiger partial charge in [-0.05, 0) is 65.1 Å². The van der Waals surface area contributed by atoms with Crippen molar-refractivity contribution in [2.75, 3.05) is 27.9 Å². The topological polar surface area (TPSA) is 105 Å². The van der Waals surface area contributed by atoms with E-state index in [1.807, 2.05) is 24.3 Å². The van der Waals surface area contributed by atoms with Gasteiger partial charge < -0.3 is 23.7 Å². The third kappa shape index (κ3) is 7.49. The molecule has 0 aliphatic rings. The summed E-state index contributed by atoms with van der Waals surface area (Å²) in [4.78, 5) is 24.7. The Kier molecular flexibility index (Phi) is 9.32. The zero-order valence-electron chi connectivity index (χ0n) is 22.4. The summed E-state index contributed by atoms with van der Waals surface area (Å²) in [5.74, 6) is 1.02. The summed E-state index contributed by atoms with van der Waals surface area (Å²) in [5, 5.41) is 3.94. The minimum absolute atomic E-state index is 0.0449. The van der Waals surface area contributed by atoms with Crippen LogP contribution in [0.15, 0.2) is 65.8 Å². The number of rotatable bonds is 10. The molecule has 0 radical (unpaired) electrons. The largest absolute Gasteiger partial charge is 0.493 e. The Labute approximate surface area is 222 Å². The fourth-order valence-electron chi connectivity index (χ4n) is 3.40. The van der Waals surface area contributed by atoms with Gasteiger partial charge in [0.2, 0.25) is 5.75 Å². The molecular weight excluding hydrogens is 488 g/mol. The number of carbonyl (C=O) groups excluding carboxylic acids is 2. The molecular formula is C29H32N2O7. The standard InChI is InChI=1S/C29H32N2O7/c1-29(2,3)21-9-13-22(14-10-21)37-18-26(32)31-30-17-19-7-11-23(12-8-19)38-28(33)20-15-24(34-4)27(36-6)25(16-20)35-5/h7-17H,18H2,1-6H3,(H,31,32). The Balaban J connectivity index is 1.51. The molecule has 1 amide bonds. The number of ether oxygens (including phenoxy) is 5. The molecule has 3 rings (SSSR count). The van der Waals surface area contributed by atoms with E-state index in [0.717, 1.165) is 0 Å². The van der Waals surface area contributed by atoms with Gasteiger partial charge in [-0.2, -0.15) is 5.10 Å². The molecule has 1 N–H and O–H groups in total. The Morgan fingerprint density at radius 3 is 1.95 bits per heavy atom. The highest BCUT2D eigenvalue weighted by atomic mass is 16.5. The Hall–Kier alpha value is -4.53. The second-order valence-corrected chi connectivity index (χ2v) is 9.23. The van der Waals surface area contributed by atoms with Gasteiger partial charge in [0.15, 0.2) is 18.1 Å². The van der Waals surface area contributed by atoms with Gasteiger partial charge in [0.25, 0.3) is 5.91 Å². The van der Waals surface area contributed by atoms with E-state index in [0.29, 0.717) is 34.3 Å². The van der Waals surface area contributed by atoms with Crippen LogP contribution in [-0.4, -0.2) is 46.0 Å². The van der Waals surface area contributed by atoms with Crippen LogP contribution in [0.5, 0.6) is 28.7 Å². The molecule has 0 aliphatic carbocycles. The number of hydrogen-bond donors (Lipinski definition) is 1. The van der Waals surface area contributed by atoms with E-state index in [9.17, 15) is 9.59 Å². The van der Waals surface area contributed by atoms with E-state index in [1.165, 1.54) is 45.2 Å². The fourth-order valence-corrected chi connectivity index (χ4v) is 3.40. The molecule has 0 saturated carbocycles. The van der Waals surface area contributed by atoms with Crippen LogP contribution in [0.4, 0.5) is 0 Å². The molecule has 200 valence electrons. The number of nitrogens with zero attached hydrogens (tertiary/aromatic N) is 1. The summed E-state index contributed by atoms with van der Waals surface area (Å²) in [6.07, 6.45) is 1.47. The summed E-state index contributed by atoms with van der Waals surface area (Å²) >= 11 is 0. The number of hydrogen-bond acceptors (Lipinski definition) is 8. The van der Waals surface area contributed by atoms with E-state index in [4.69, 9.17) is 23.7 Å². The highest BCUT2D eigenvalue weighted by Crippen LogP contribution is 2.38. The molecule has 0 aromatic heterocycles. The molecule has 0 bridgehead atoms. The number of carbonyl (C=O) groups is 2. The Morgan fingerprint density at radius 2 is 1.42 bits per heavy atom. The van der Waals surface area contributed by atoms with Gasteiger partial charge in [-0.25, -0.2) is 10.2 Å². The summed E-state index contributed by atoms with van der Waals surface area (Å²) < 4.78 is 26.8. The summed E-state index contributed by atoms with van der Waals surface area (Å²) in [7, 11) is 4.41. The van der Waals surface area contributed by atoms with Crippen LogP contribution in [0.1, 0.15) is 42.3 Å². The van der Waals surface area contributed by atoms with Crippen LogP contribution in [0.25, 0.3) is 0 Å². The van der Waals surface area contributed by atoms with Gasteiger partial charge in [0.05, 0.1) is 33.1 Å². The summed E-state index contributed by atoms with van der Waals surface area (Å²) in [5.41, 5.74) is 4.58. The first kappa shape index (κ1) is 28.0. The van der Waals surface area contributed by atoms with Crippen LogP contribution in [0, 0.1) is 0 Å². The van der Waals surface area contributed by atoms with Gasteiger partial charge in [-0.15, -0.1) is 0 Å². The normalized spacial score (nSPS) is 11.1. The number of benzene rings is 3. The van der Waals surface area contributed by atoms with Gasteiger partial charge in [0.1, 0.15) is 11.5 Å². The quantitative estimate of drug-likeness (QED) is 0.178. The molecule has 0 unspecified atom stereocenters. The van der Waals surface area contributed by atoms with Crippen LogP contribution in [0.3, 0.4) is 0 Å². The first-order valence-corrected chi connectivity index (χ1v) is 11.8. The molecule has 0 spiro atoms. The lowest BCUT2D eigenvalue weighted by molar-refractivity contribution is -0.123. The smallest absolute Gasteiger partial charge is 0.343 e. The number of nitrogens with one attached hydrogen (secondary N) is 1. The molecule has 0 heterocycles. The van der Waals surface area contributed by atoms with E-state index in [2.05, 4.69) is 31.3 Å². The van der Waals surface area contributed by atoms with Gasteiger partial charge in [-0.3, -0.25) is 4.79 Å². The number of amides is 1. The van der Waals surface area contributed by atoms with Crippen molar-refractivity contribution in [2.45, 2.75) is 26.2 Å². The third-order valence-electron chi connectivity index (χ3n) is 5.48. The molecule has 3 aromatic rings. The maximum Gasteiger partial charge on any atom is 0.343 e. The molecule has 9 heteroatoms. The second kappa shape index (κ2) is 12.6. The van der Waals surface area contributed by atoms with Gasteiger partial charge in [0, 0.05) is 0 Å². The van der Waals surface area contributed by atoms with Crippen LogP contribution in [-0.2, 0) is 10.2 Å². The first-order chi connectivity index (χ1) is 18.1. The van der Waals surface area contributed by atoms with E-state index < -0.39 is 11.9 Å². The van der Waals surface area contributed by atoms with Crippen molar-refractivity contribution in [1.82, 2.24) is 5.43 Å². The number of hydrazone groups is 1. The predicted molar refractivity (Wildman–Crippen MR) is 144 cm³/mol. The molecule has 0 atom stereocenters. The predicted octanol–water partition coefficient (Wildman–Crippen LogP) is 4.76. The lowest BCUT2D eigenvalue weighted by atomic mass is 9.87. The van der Waals surface area contributed by atoms with Gasteiger partial charge in [-0.1, -0.05) is 32.9 Å². The maximum absolute atomic E-state index is 12.6. The minimum Gasteiger partial charge on any atom is -0.493 e. The summed E-state index contributed by atoms with van der Waals surface area (Å²) in [6, 6.07) is 17.3. The zero-order chi connectivity index (χ0) is 27.7. The van der Waals surface area contributed by atoms with Crippen molar-refractivity contribution in [3.63, 3.8) is 0 Å². The second-order valence-electron chi connectivity index (χ2n) is 9.23. The first-order valence-electron chi connectivity index (χ1n) is 11.8. The van der Waals surface area contributed by atoms with Crippen molar-refractivity contribution in [3.8, 4) is 28.7 Å². The lowest BCUT2D eigenvalue weighted by Gasteiger charge is -2.19. The SMILES string of the molecule is COc1cc(C(=O)Oc2ccc(C=NNC(=O)COc3ccc(C(C)(C)C)cc3)cc2)cc(OC)c1OC. The summed E-state index contributed by atoms with van der Waals surface area (Å²) in [6.45, 7) is 6.23. The average molecular weight is 521 g/mol. The molecule has 0 aliphatic heterocycles. The lowest BCUT2D eigenvalue weighted by Crippen LogP contribution is -2.24. The highest BCUT2D eigenvalue weighted by molar-refractivity contribution is 5.93. The van der Waals surface area contributed by atoms with Crippen molar-refractivity contribution >= 4 is 18.1 Å². The van der Waals surface area contributed by atoms with Crippen molar-refractivity contribution < 1.29 is 33.3 Å². The third-order valence-corrected chi connectivity index (χ3v) is 5.48. The average Bonchev–Trinajstić information content (AvgIpc) is 2.91. The molecule has 0 saturated heterocycles. The van der Waals surface area contributed by atoms with E-state index >= 15 is 0 Å². The Bertz CT molecular complexity index is 1250. The molecule has 9 nitrogen and oxygen atoms in total. The highest BCUT2D eigenvalue weighted by Gasteiger charge is 2.18. The molecule has 38 heavy (non-hydrogen) atoms. The van der Waals surface area contributed by atoms with Crippen LogP contribution < -0.4 is 29.1 Å². The minimum atomic E-state index is -0.592. The molecule has 0 fully saturated rings. The van der Waals surface area contributed by atoms with E-state index in [1.54, 1.807) is 24.3 Å². The van der Waals surface area contributed by atoms with E-state index in [-0.39, 0.29) is 17.6 Å². The maximum atomic E-state index is 12.6. The fraction of sp³-hybridized carbons (Fsp3) is 0.276. The number of esters is 1. The van der Waals surface area contributed by atoms with Crippen LogP contribution >= 0.6 is 0 Å². The van der Waals surface area contributed by atoms with Crippen molar-refractivity contribution in [1.29, 1.82) is 0 Å². The van der Waals surface area contributed by atoms with Crippen LogP contribution in [0.2, 0.25) is 0 Å². The molecule has 3 aromatic carbocycles. The van der Waals surface area contributed by atoms with Crippen molar-refractivity contribution in [2.24, 2.45) is 5.10 Å².